The fraction of sp³-hybridized carbons (Fsp3) is 0.133. The molecule has 0 fully saturated rings. The molecule has 4 heteroatoms. The molecule has 0 bridgehead atoms. The number of carboxylic acids is 1. The second kappa shape index (κ2) is 5.89. The maximum atomic E-state index is 11.2. The summed E-state index contributed by atoms with van der Waals surface area (Å²) in [6, 6.07) is 13.3. The van der Waals surface area contributed by atoms with Crippen molar-refractivity contribution in [3.05, 3.63) is 63.6 Å². The number of hydrogen-bond donors (Lipinski definition) is 2. The number of halogens is 1. The number of aryl methyl sites for hydroxylation is 1. The van der Waals surface area contributed by atoms with Crippen molar-refractivity contribution in [3.63, 3.8) is 0 Å². The molecule has 2 rings (SSSR count). The van der Waals surface area contributed by atoms with Crippen LogP contribution in [0.15, 0.2) is 46.9 Å². The fourth-order valence-corrected chi connectivity index (χ4v) is 2.11. The van der Waals surface area contributed by atoms with Crippen LogP contribution in [0.3, 0.4) is 0 Å². The van der Waals surface area contributed by atoms with Crippen molar-refractivity contribution in [3.8, 4) is 0 Å². The Bertz CT molecular complexity index is 594. The molecule has 0 amide bonds. The lowest BCUT2D eigenvalue weighted by atomic mass is 10.1. The highest BCUT2D eigenvalue weighted by molar-refractivity contribution is 9.10. The van der Waals surface area contributed by atoms with E-state index < -0.39 is 5.97 Å². The minimum Gasteiger partial charge on any atom is -0.478 e. The van der Waals surface area contributed by atoms with Crippen molar-refractivity contribution in [2.45, 2.75) is 13.5 Å². The molecule has 2 aromatic rings. The van der Waals surface area contributed by atoms with Crippen LogP contribution in [0.1, 0.15) is 21.5 Å². The molecule has 0 radical (unpaired) electrons. The van der Waals surface area contributed by atoms with Gasteiger partial charge in [0, 0.05) is 16.7 Å². The van der Waals surface area contributed by atoms with Crippen LogP contribution in [0.4, 0.5) is 5.69 Å². The summed E-state index contributed by atoms with van der Waals surface area (Å²) in [6.07, 6.45) is 0. The van der Waals surface area contributed by atoms with Crippen molar-refractivity contribution in [1.82, 2.24) is 0 Å². The molecule has 0 atom stereocenters. The van der Waals surface area contributed by atoms with Crippen LogP contribution in [0.2, 0.25) is 0 Å². The summed E-state index contributed by atoms with van der Waals surface area (Å²) in [6.45, 7) is 2.64. The molecule has 2 N–H and O–H groups in total. The third-order valence-corrected chi connectivity index (χ3v) is 3.31. The third kappa shape index (κ3) is 3.58. The lowest BCUT2D eigenvalue weighted by Gasteiger charge is -2.10. The van der Waals surface area contributed by atoms with E-state index >= 15 is 0 Å². The van der Waals surface area contributed by atoms with E-state index in [0.29, 0.717) is 12.2 Å². The Hall–Kier alpha value is -1.81. The van der Waals surface area contributed by atoms with Gasteiger partial charge in [0.1, 0.15) is 0 Å². The van der Waals surface area contributed by atoms with Gasteiger partial charge in [0.05, 0.1) is 5.56 Å². The van der Waals surface area contributed by atoms with Gasteiger partial charge in [0.2, 0.25) is 0 Å². The molecule has 0 aliphatic rings. The molecule has 0 saturated heterocycles. The number of carbonyl (C=O) groups is 1. The lowest BCUT2D eigenvalue weighted by molar-refractivity contribution is 0.0698. The van der Waals surface area contributed by atoms with Gasteiger partial charge in [-0.05, 0) is 30.7 Å². The monoisotopic (exact) mass is 319 g/mol. The van der Waals surface area contributed by atoms with Gasteiger partial charge < -0.3 is 10.4 Å². The Balaban J connectivity index is 2.15. The zero-order chi connectivity index (χ0) is 13.8. The summed E-state index contributed by atoms with van der Waals surface area (Å²) >= 11 is 3.28. The standard InChI is InChI=1S/C15H14BrNO2/c1-10-2-4-11(5-3-10)9-17-14-7-6-12(16)8-13(14)15(18)19/h2-8,17H,9H2,1H3,(H,18,19). The molecule has 0 aliphatic carbocycles. The van der Waals surface area contributed by atoms with E-state index in [4.69, 9.17) is 5.11 Å². The Kier molecular flexibility index (Phi) is 4.22. The van der Waals surface area contributed by atoms with Crippen molar-refractivity contribution in [2.24, 2.45) is 0 Å². The average molecular weight is 320 g/mol. The molecule has 98 valence electrons. The van der Waals surface area contributed by atoms with Crippen molar-refractivity contribution >= 4 is 27.6 Å². The molecule has 0 saturated carbocycles. The predicted molar refractivity (Wildman–Crippen MR) is 79.6 cm³/mol. The van der Waals surface area contributed by atoms with Crippen LogP contribution in [0.25, 0.3) is 0 Å². The first-order valence-electron chi connectivity index (χ1n) is 5.88. The highest BCUT2D eigenvalue weighted by Gasteiger charge is 2.10. The maximum Gasteiger partial charge on any atom is 0.337 e. The quantitative estimate of drug-likeness (QED) is 0.893. The van der Waals surface area contributed by atoms with E-state index in [9.17, 15) is 4.79 Å². The second-order valence-corrected chi connectivity index (χ2v) is 5.25. The van der Waals surface area contributed by atoms with E-state index in [1.165, 1.54) is 5.56 Å². The molecule has 0 spiro atoms. The zero-order valence-electron chi connectivity index (χ0n) is 10.5. The SMILES string of the molecule is Cc1ccc(CNc2ccc(Br)cc2C(=O)O)cc1. The minimum absolute atomic E-state index is 0.265. The number of anilines is 1. The highest BCUT2D eigenvalue weighted by atomic mass is 79.9. The first-order chi connectivity index (χ1) is 9.06. The Morgan fingerprint density at radius 3 is 2.53 bits per heavy atom. The number of aromatic carboxylic acids is 1. The molecule has 0 heterocycles. The fourth-order valence-electron chi connectivity index (χ4n) is 1.75. The smallest absolute Gasteiger partial charge is 0.337 e. The normalized spacial score (nSPS) is 10.2. The topological polar surface area (TPSA) is 49.3 Å². The van der Waals surface area contributed by atoms with E-state index in [0.717, 1.165) is 10.0 Å². The Morgan fingerprint density at radius 1 is 1.21 bits per heavy atom. The van der Waals surface area contributed by atoms with E-state index in [2.05, 4.69) is 21.2 Å². The molecule has 0 aliphatic heterocycles. The number of carboxylic acid groups (broad SMARTS) is 1. The summed E-state index contributed by atoms with van der Waals surface area (Å²) in [4.78, 5) is 11.2. The van der Waals surface area contributed by atoms with Crippen molar-refractivity contribution < 1.29 is 9.90 Å². The van der Waals surface area contributed by atoms with E-state index in [1.807, 2.05) is 37.3 Å². The third-order valence-electron chi connectivity index (χ3n) is 2.82. The van der Waals surface area contributed by atoms with Gasteiger partial charge in [-0.25, -0.2) is 4.79 Å². The summed E-state index contributed by atoms with van der Waals surface area (Å²) in [5.74, 6) is -0.937. The van der Waals surface area contributed by atoms with Crippen LogP contribution in [0, 0.1) is 6.92 Å². The molecule has 0 unspecified atom stereocenters. The molecular formula is C15H14BrNO2. The zero-order valence-corrected chi connectivity index (χ0v) is 12.1. The van der Waals surface area contributed by atoms with Gasteiger partial charge in [-0.15, -0.1) is 0 Å². The molecular weight excluding hydrogens is 306 g/mol. The van der Waals surface area contributed by atoms with Crippen molar-refractivity contribution in [1.29, 1.82) is 0 Å². The Morgan fingerprint density at radius 2 is 1.89 bits per heavy atom. The number of benzene rings is 2. The van der Waals surface area contributed by atoms with Gasteiger partial charge >= 0.3 is 5.97 Å². The number of nitrogens with one attached hydrogen (secondary N) is 1. The largest absolute Gasteiger partial charge is 0.478 e. The first kappa shape index (κ1) is 13.6. The van der Waals surface area contributed by atoms with Crippen LogP contribution < -0.4 is 5.32 Å². The summed E-state index contributed by atoms with van der Waals surface area (Å²) < 4.78 is 0.755. The average Bonchev–Trinajstić information content (AvgIpc) is 2.39. The van der Waals surface area contributed by atoms with Crippen LogP contribution >= 0.6 is 15.9 Å². The molecule has 19 heavy (non-hydrogen) atoms. The summed E-state index contributed by atoms with van der Waals surface area (Å²) in [7, 11) is 0. The van der Waals surface area contributed by atoms with Gasteiger partial charge in [0.25, 0.3) is 0 Å². The number of hydrogen-bond acceptors (Lipinski definition) is 2. The van der Waals surface area contributed by atoms with Crippen LogP contribution in [0.5, 0.6) is 0 Å². The lowest BCUT2D eigenvalue weighted by Crippen LogP contribution is -2.06. The van der Waals surface area contributed by atoms with Gasteiger partial charge in [-0.1, -0.05) is 45.8 Å². The molecule has 0 aromatic heterocycles. The number of rotatable bonds is 4. The highest BCUT2D eigenvalue weighted by Crippen LogP contribution is 2.21. The van der Waals surface area contributed by atoms with Gasteiger partial charge in [-0.2, -0.15) is 0 Å². The summed E-state index contributed by atoms with van der Waals surface area (Å²) in [5.41, 5.74) is 3.21. The minimum atomic E-state index is -0.937. The second-order valence-electron chi connectivity index (χ2n) is 4.33. The van der Waals surface area contributed by atoms with Gasteiger partial charge in [0.15, 0.2) is 0 Å². The van der Waals surface area contributed by atoms with Gasteiger partial charge in [-0.3, -0.25) is 0 Å². The van der Waals surface area contributed by atoms with Crippen molar-refractivity contribution in [2.75, 3.05) is 5.32 Å². The van der Waals surface area contributed by atoms with E-state index in [-0.39, 0.29) is 5.56 Å². The summed E-state index contributed by atoms with van der Waals surface area (Å²) in [5, 5.41) is 12.3. The van der Waals surface area contributed by atoms with Crippen LogP contribution in [-0.2, 0) is 6.54 Å². The Labute approximate surface area is 120 Å². The van der Waals surface area contributed by atoms with Crippen LogP contribution in [-0.4, -0.2) is 11.1 Å². The maximum absolute atomic E-state index is 11.2. The molecule has 3 nitrogen and oxygen atoms in total. The first-order valence-corrected chi connectivity index (χ1v) is 6.68. The molecule has 2 aromatic carbocycles. The van der Waals surface area contributed by atoms with E-state index in [1.54, 1.807) is 12.1 Å². The predicted octanol–water partition coefficient (Wildman–Crippen LogP) is 4.07.